The van der Waals surface area contributed by atoms with Gasteiger partial charge in [-0.15, -0.1) is 0 Å². The maximum atomic E-state index is 10.5. The van der Waals surface area contributed by atoms with Gasteiger partial charge in [0.1, 0.15) is 0 Å². The molecule has 0 bridgehead atoms. The zero-order valence-electron chi connectivity index (χ0n) is 9.68. The molecule has 0 aromatic rings. The molecule has 0 radical (unpaired) electrons. The third-order valence-electron chi connectivity index (χ3n) is 1.79. The SMILES string of the molecule is CC(C)OCCCN(CC(=O)O)CC(=O)O. The molecule has 0 unspecified atom stereocenters. The summed E-state index contributed by atoms with van der Waals surface area (Å²) in [5.41, 5.74) is 0. The summed E-state index contributed by atoms with van der Waals surface area (Å²) >= 11 is 0. The van der Waals surface area contributed by atoms with Crippen molar-refractivity contribution < 1.29 is 24.5 Å². The Labute approximate surface area is 94.8 Å². The molecule has 6 heteroatoms. The highest BCUT2D eigenvalue weighted by atomic mass is 16.5. The molecule has 0 spiro atoms. The number of hydrogen-bond donors (Lipinski definition) is 2. The number of carboxylic acids is 2. The maximum Gasteiger partial charge on any atom is 0.317 e. The molecule has 0 rings (SSSR count). The minimum Gasteiger partial charge on any atom is -0.480 e. The fourth-order valence-electron chi connectivity index (χ4n) is 1.20. The summed E-state index contributed by atoms with van der Waals surface area (Å²) < 4.78 is 5.28. The molecular formula is C10H19NO5. The first-order valence-electron chi connectivity index (χ1n) is 5.19. The van der Waals surface area contributed by atoms with Crippen LogP contribution in [0.25, 0.3) is 0 Å². The van der Waals surface area contributed by atoms with Crippen LogP contribution in [0.15, 0.2) is 0 Å². The van der Waals surface area contributed by atoms with Gasteiger partial charge in [0, 0.05) is 13.2 Å². The van der Waals surface area contributed by atoms with E-state index in [9.17, 15) is 9.59 Å². The van der Waals surface area contributed by atoms with E-state index in [1.807, 2.05) is 13.8 Å². The number of rotatable bonds is 9. The van der Waals surface area contributed by atoms with Gasteiger partial charge in [-0.05, 0) is 20.3 Å². The van der Waals surface area contributed by atoms with Gasteiger partial charge in [0.25, 0.3) is 0 Å². The molecule has 0 atom stereocenters. The van der Waals surface area contributed by atoms with Gasteiger partial charge >= 0.3 is 11.9 Å². The Balaban J connectivity index is 3.82. The summed E-state index contributed by atoms with van der Waals surface area (Å²) in [6.07, 6.45) is 0.756. The van der Waals surface area contributed by atoms with Gasteiger partial charge in [0.15, 0.2) is 0 Å². The monoisotopic (exact) mass is 233 g/mol. The second-order valence-corrected chi connectivity index (χ2v) is 3.77. The van der Waals surface area contributed by atoms with Gasteiger partial charge in [0.2, 0.25) is 0 Å². The molecule has 0 aromatic heterocycles. The third-order valence-corrected chi connectivity index (χ3v) is 1.79. The maximum absolute atomic E-state index is 10.5. The highest BCUT2D eigenvalue weighted by Gasteiger charge is 2.12. The summed E-state index contributed by atoms with van der Waals surface area (Å²) in [6, 6.07) is 0. The van der Waals surface area contributed by atoms with Gasteiger partial charge in [-0.2, -0.15) is 0 Å². The van der Waals surface area contributed by atoms with Crippen LogP contribution in [0, 0.1) is 0 Å². The van der Waals surface area contributed by atoms with Crippen LogP contribution in [0.5, 0.6) is 0 Å². The molecular weight excluding hydrogens is 214 g/mol. The van der Waals surface area contributed by atoms with E-state index in [1.54, 1.807) is 0 Å². The Bertz CT molecular complexity index is 213. The molecule has 0 saturated heterocycles. The molecule has 0 aromatic carbocycles. The number of nitrogens with zero attached hydrogens (tertiary/aromatic N) is 1. The molecule has 0 aliphatic rings. The van der Waals surface area contributed by atoms with E-state index in [-0.39, 0.29) is 19.2 Å². The first-order valence-corrected chi connectivity index (χ1v) is 5.19. The van der Waals surface area contributed by atoms with Crippen molar-refractivity contribution in [1.82, 2.24) is 4.90 Å². The van der Waals surface area contributed by atoms with Crippen LogP contribution in [-0.4, -0.2) is 59.4 Å². The number of carboxylic acid groups (broad SMARTS) is 2. The van der Waals surface area contributed by atoms with Crippen LogP contribution >= 0.6 is 0 Å². The standard InChI is InChI=1S/C10H19NO5/c1-8(2)16-5-3-4-11(6-9(12)13)7-10(14)15/h8H,3-7H2,1-2H3,(H,12,13)(H,14,15). The van der Waals surface area contributed by atoms with Crippen molar-refractivity contribution in [3.63, 3.8) is 0 Å². The van der Waals surface area contributed by atoms with Gasteiger partial charge in [0.05, 0.1) is 19.2 Å². The van der Waals surface area contributed by atoms with Gasteiger partial charge in [-0.3, -0.25) is 14.5 Å². The molecule has 2 N–H and O–H groups in total. The lowest BCUT2D eigenvalue weighted by molar-refractivity contribution is -0.141. The van der Waals surface area contributed by atoms with Gasteiger partial charge < -0.3 is 14.9 Å². The molecule has 0 aliphatic carbocycles. The van der Waals surface area contributed by atoms with Crippen molar-refractivity contribution in [2.75, 3.05) is 26.2 Å². The average molecular weight is 233 g/mol. The average Bonchev–Trinajstić information content (AvgIpc) is 2.09. The molecule has 0 aliphatic heterocycles. The van der Waals surface area contributed by atoms with E-state index in [0.29, 0.717) is 19.6 Å². The largest absolute Gasteiger partial charge is 0.480 e. The lowest BCUT2D eigenvalue weighted by Gasteiger charge is -2.18. The van der Waals surface area contributed by atoms with Gasteiger partial charge in [-0.25, -0.2) is 0 Å². The van der Waals surface area contributed by atoms with Gasteiger partial charge in [-0.1, -0.05) is 0 Å². The van der Waals surface area contributed by atoms with Crippen LogP contribution in [0.3, 0.4) is 0 Å². The Morgan fingerprint density at radius 2 is 1.69 bits per heavy atom. The van der Waals surface area contributed by atoms with Crippen molar-refractivity contribution in [1.29, 1.82) is 0 Å². The van der Waals surface area contributed by atoms with Crippen LogP contribution in [0.4, 0.5) is 0 Å². The van der Waals surface area contributed by atoms with Crippen molar-refractivity contribution >= 4 is 11.9 Å². The predicted molar refractivity (Wildman–Crippen MR) is 57.4 cm³/mol. The minimum atomic E-state index is -1.02. The zero-order chi connectivity index (χ0) is 12.6. The smallest absolute Gasteiger partial charge is 0.317 e. The van der Waals surface area contributed by atoms with E-state index in [4.69, 9.17) is 14.9 Å². The highest BCUT2D eigenvalue weighted by molar-refractivity contribution is 5.72. The fourth-order valence-corrected chi connectivity index (χ4v) is 1.20. The topological polar surface area (TPSA) is 87.1 Å². The second kappa shape index (κ2) is 8.06. The van der Waals surface area contributed by atoms with Crippen molar-refractivity contribution in [3.8, 4) is 0 Å². The van der Waals surface area contributed by atoms with E-state index in [0.717, 1.165) is 0 Å². The minimum absolute atomic E-state index is 0.132. The first-order chi connectivity index (χ1) is 7.41. The molecule has 94 valence electrons. The van der Waals surface area contributed by atoms with Crippen molar-refractivity contribution in [3.05, 3.63) is 0 Å². The molecule has 0 amide bonds. The molecule has 0 saturated carbocycles. The lowest BCUT2D eigenvalue weighted by Crippen LogP contribution is -2.35. The van der Waals surface area contributed by atoms with Crippen molar-refractivity contribution in [2.45, 2.75) is 26.4 Å². The molecule has 0 heterocycles. The Hall–Kier alpha value is -1.14. The van der Waals surface area contributed by atoms with E-state index < -0.39 is 11.9 Å². The fraction of sp³-hybridized carbons (Fsp3) is 0.800. The lowest BCUT2D eigenvalue weighted by atomic mass is 10.3. The van der Waals surface area contributed by atoms with Crippen molar-refractivity contribution in [2.24, 2.45) is 0 Å². The zero-order valence-corrected chi connectivity index (χ0v) is 9.68. The van der Waals surface area contributed by atoms with Crippen LogP contribution in [-0.2, 0) is 14.3 Å². The van der Waals surface area contributed by atoms with Crippen LogP contribution in [0.2, 0.25) is 0 Å². The Morgan fingerprint density at radius 3 is 2.06 bits per heavy atom. The quantitative estimate of drug-likeness (QED) is 0.556. The number of ether oxygens (including phenoxy) is 1. The molecule has 6 nitrogen and oxygen atoms in total. The Kier molecular flexibility index (Phi) is 7.49. The second-order valence-electron chi connectivity index (χ2n) is 3.77. The predicted octanol–water partition coefficient (Wildman–Crippen LogP) is 0.273. The summed E-state index contributed by atoms with van der Waals surface area (Å²) in [5, 5.41) is 17.2. The summed E-state index contributed by atoms with van der Waals surface area (Å²) in [4.78, 5) is 22.3. The number of hydrogen-bond acceptors (Lipinski definition) is 4. The normalized spacial score (nSPS) is 11.0. The van der Waals surface area contributed by atoms with E-state index in [2.05, 4.69) is 0 Å². The highest BCUT2D eigenvalue weighted by Crippen LogP contribution is 1.95. The number of carbonyl (C=O) groups is 2. The molecule has 0 fully saturated rings. The van der Waals surface area contributed by atoms with Crippen LogP contribution < -0.4 is 0 Å². The summed E-state index contributed by atoms with van der Waals surface area (Å²) in [6.45, 7) is 4.22. The third kappa shape index (κ3) is 9.42. The Morgan fingerprint density at radius 1 is 1.19 bits per heavy atom. The summed E-state index contributed by atoms with van der Waals surface area (Å²) in [7, 11) is 0. The van der Waals surface area contributed by atoms with E-state index in [1.165, 1.54) is 4.90 Å². The number of aliphatic carboxylic acids is 2. The molecule has 16 heavy (non-hydrogen) atoms. The summed E-state index contributed by atoms with van der Waals surface area (Å²) in [5.74, 6) is -2.04. The van der Waals surface area contributed by atoms with Crippen LogP contribution in [0.1, 0.15) is 20.3 Å². The first kappa shape index (κ1) is 14.9. The van der Waals surface area contributed by atoms with E-state index >= 15 is 0 Å².